The third kappa shape index (κ3) is 7.46. The Morgan fingerprint density at radius 3 is 3.06 bits per heavy atom. The van der Waals surface area contributed by atoms with Gasteiger partial charge in [0, 0.05) is 12.5 Å². The summed E-state index contributed by atoms with van der Waals surface area (Å²) in [7, 11) is 0.00392. The molecule has 0 radical (unpaired) electrons. The lowest BCUT2D eigenvalue weighted by Gasteiger charge is -2.08. The first kappa shape index (κ1) is 15.2. The lowest BCUT2D eigenvalue weighted by Crippen LogP contribution is -2.04. The van der Waals surface area contributed by atoms with E-state index in [1.165, 1.54) is 25.5 Å². The summed E-state index contributed by atoms with van der Waals surface area (Å²) in [5, 5.41) is 0. The quantitative estimate of drug-likeness (QED) is 0.401. The Bertz CT molecular complexity index is 299. The molecule has 1 rings (SSSR count). The molecule has 0 fully saturated rings. The highest BCUT2D eigenvalue weighted by molar-refractivity contribution is 7.26. The van der Waals surface area contributed by atoms with Crippen LogP contribution in [0.4, 0.5) is 0 Å². The Morgan fingerprint density at radius 1 is 1.39 bits per heavy atom. The van der Waals surface area contributed by atoms with Crippen LogP contribution in [-0.2, 0) is 18.6 Å². The first-order valence-electron chi connectivity index (χ1n) is 6.42. The number of carbonyl (C=O) groups excluding carboxylic acids is 1. The van der Waals surface area contributed by atoms with Crippen molar-refractivity contribution in [3.63, 3.8) is 0 Å². The fourth-order valence-electron chi connectivity index (χ4n) is 1.52. The molecule has 0 spiro atoms. The van der Waals surface area contributed by atoms with Gasteiger partial charge in [-0.1, -0.05) is 32.6 Å². The molecule has 0 amide bonds. The molecule has 0 bridgehead atoms. The predicted octanol–water partition coefficient (Wildman–Crippen LogP) is 3.84. The van der Waals surface area contributed by atoms with Crippen LogP contribution >= 0.6 is 9.03 Å². The van der Waals surface area contributed by atoms with Gasteiger partial charge in [-0.05, 0) is 12.5 Å². The zero-order chi connectivity index (χ0) is 13.1. The van der Waals surface area contributed by atoms with E-state index in [9.17, 15) is 4.79 Å². The van der Waals surface area contributed by atoms with Crippen LogP contribution in [-0.4, -0.2) is 12.6 Å². The molecule has 1 atom stereocenters. The van der Waals surface area contributed by atoms with Crippen LogP contribution in [0.1, 0.15) is 45.4 Å². The van der Waals surface area contributed by atoms with Crippen molar-refractivity contribution in [1.82, 2.24) is 0 Å². The highest BCUT2D eigenvalue weighted by Crippen LogP contribution is 2.18. The van der Waals surface area contributed by atoms with Crippen molar-refractivity contribution in [2.45, 2.75) is 45.4 Å². The summed E-state index contributed by atoms with van der Waals surface area (Å²) in [6, 6.07) is 0. The number of hydrogen-bond acceptors (Lipinski definition) is 4. The SMILES string of the molecule is CCCCCCCC(=O)OC1=C/COPO/C=C\1. The topological polar surface area (TPSA) is 44.8 Å². The minimum absolute atomic E-state index is 0.00392. The molecule has 1 aliphatic heterocycles. The summed E-state index contributed by atoms with van der Waals surface area (Å²) < 4.78 is 15.3. The number of hydrogen-bond donors (Lipinski definition) is 0. The van der Waals surface area contributed by atoms with Gasteiger partial charge in [0.1, 0.15) is 5.76 Å². The van der Waals surface area contributed by atoms with Gasteiger partial charge < -0.3 is 13.8 Å². The van der Waals surface area contributed by atoms with Crippen LogP contribution in [0.15, 0.2) is 24.2 Å². The highest BCUT2D eigenvalue weighted by atomic mass is 31.1. The smallest absolute Gasteiger partial charge is 0.311 e. The first-order chi connectivity index (χ1) is 8.83. The fraction of sp³-hybridized carbons (Fsp3) is 0.615. The molecular formula is C13H21O4P. The number of ether oxygens (including phenoxy) is 1. The molecule has 18 heavy (non-hydrogen) atoms. The van der Waals surface area contributed by atoms with E-state index in [1.54, 1.807) is 12.2 Å². The maximum Gasteiger partial charge on any atom is 0.311 e. The Morgan fingerprint density at radius 2 is 2.22 bits per heavy atom. The molecule has 1 heterocycles. The van der Waals surface area contributed by atoms with Crippen LogP contribution in [0.25, 0.3) is 0 Å². The molecule has 0 N–H and O–H groups in total. The highest BCUT2D eigenvalue weighted by Gasteiger charge is 2.06. The minimum atomic E-state index is -0.189. The van der Waals surface area contributed by atoms with Crippen LogP contribution in [0, 0.1) is 0 Å². The van der Waals surface area contributed by atoms with Gasteiger partial charge in [0.2, 0.25) is 9.03 Å². The van der Waals surface area contributed by atoms with Gasteiger partial charge in [0.15, 0.2) is 0 Å². The predicted molar refractivity (Wildman–Crippen MR) is 72.0 cm³/mol. The van der Waals surface area contributed by atoms with E-state index in [4.69, 9.17) is 13.8 Å². The van der Waals surface area contributed by atoms with Gasteiger partial charge >= 0.3 is 5.97 Å². The molecule has 4 nitrogen and oxygen atoms in total. The molecule has 102 valence electrons. The summed E-state index contributed by atoms with van der Waals surface area (Å²) in [4.78, 5) is 11.6. The van der Waals surface area contributed by atoms with Crippen LogP contribution in [0.3, 0.4) is 0 Å². The monoisotopic (exact) mass is 272 g/mol. The van der Waals surface area contributed by atoms with Gasteiger partial charge in [-0.25, -0.2) is 0 Å². The average molecular weight is 272 g/mol. The maximum absolute atomic E-state index is 11.6. The van der Waals surface area contributed by atoms with Gasteiger partial charge in [-0.3, -0.25) is 4.79 Å². The van der Waals surface area contributed by atoms with Gasteiger partial charge in [0.25, 0.3) is 0 Å². The second-order valence-electron chi connectivity index (χ2n) is 4.06. The molecule has 0 saturated carbocycles. The van der Waals surface area contributed by atoms with E-state index < -0.39 is 0 Å². The van der Waals surface area contributed by atoms with E-state index in [1.807, 2.05) is 0 Å². The third-order valence-corrected chi connectivity index (χ3v) is 3.01. The lowest BCUT2D eigenvalue weighted by atomic mass is 10.1. The fourth-order valence-corrected chi connectivity index (χ4v) is 1.86. The molecule has 0 saturated heterocycles. The third-order valence-electron chi connectivity index (χ3n) is 2.49. The van der Waals surface area contributed by atoms with E-state index in [0.717, 1.165) is 12.8 Å². The summed E-state index contributed by atoms with van der Waals surface area (Å²) in [5.74, 6) is 0.309. The van der Waals surface area contributed by atoms with E-state index in [2.05, 4.69) is 6.92 Å². The van der Waals surface area contributed by atoms with Crippen molar-refractivity contribution in [1.29, 1.82) is 0 Å². The standard InChI is InChI=1S/C13H21O4P/c1-2-3-4-5-6-7-13(14)17-12-8-10-15-18-16-11-9-12/h8-10,18H,2-7,11H2,1H3/b10-8-,12-9+. The molecule has 1 aliphatic rings. The van der Waals surface area contributed by atoms with Crippen LogP contribution in [0.2, 0.25) is 0 Å². The van der Waals surface area contributed by atoms with Gasteiger partial charge in [0.05, 0.1) is 12.9 Å². The maximum atomic E-state index is 11.6. The van der Waals surface area contributed by atoms with Crippen molar-refractivity contribution in [3.8, 4) is 0 Å². The first-order valence-corrected chi connectivity index (χ1v) is 7.24. The molecule has 0 aromatic carbocycles. The summed E-state index contributed by atoms with van der Waals surface area (Å²) >= 11 is 0. The van der Waals surface area contributed by atoms with Crippen molar-refractivity contribution < 1.29 is 18.6 Å². The number of carbonyl (C=O) groups is 1. The molecule has 5 heteroatoms. The van der Waals surface area contributed by atoms with Crippen LogP contribution in [0.5, 0.6) is 0 Å². The van der Waals surface area contributed by atoms with Crippen LogP contribution < -0.4 is 0 Å². The largest absolute Gasteiger partial charge is 0.457 e. The second-order valence-corrected chi connectivity index (χ2v) is 4.75. The number of rotatable bonds is 7. The zero-order valence-corrected chi connectivity index (χ0v) is 11.8. The minimum Gasteiger partial charge on any atom is -0.457 e. The van der Waals surface area contributed by atoms with Gasteiger partial charge in [-0.15, -0.1) is 0 Å². The Balaban J connectivity index is 2.18. The number of allylic oxidation sites excluding steroid dienone is 1. The van der Waals surface area contributed by atoms with Crippen molar-refractivity contribution >= 4 is 15.0 Å². The normalized spacial score (nSPS) is 21.3. The van der Waals surface area contributed by atoms with E-state index in [-0.39, 0.29) is 15.0 Å². The average Bonchev–Trinajstić information content (AvgIpc) is 2.32. The Kier molecular flexibility index (Phi) is 8.53. The van der Waals surface area contributed by atoms with E-state index in [0.29, 0.717) is 18.8 Å². The van der Waals surface area contributed by atoms with E-state index >= 15 is 0 Å². The molecule has 1 unspecified atom stereocenters. The lowest BCUT2D eigenvalue weighted by molar-refractivity contribution is -0.139. The molecular weight excluding hydrogens is 251 g/mol. The number of unbranched alkanes of at least 4 members (excludes halogenated alkanes) is 4. The van der Waals surface area contributed by atoms with Crippen molar-refractivity contribution in [2.75, 3.05) is 6.61 Å². The second kappa shape index (κ2) is 10.1. The molecule has 0 aliphatic carbocycles. The number of esters is 1. The van der Waals surface area contributed by atoms with Crippen molar-refractivity contribution in [3.05, 3.63) is 24.2 Å². The molecule has 0 aromatic rings. The van der Waals surface area contributed by atoms with Gasteiger partial charge in [-0.2, -0.15) is 0 Å². The summed E-state index contributed by atoms with van der Waals surface area (Å²) in [6.45, 7) is 2.58. The Hall–Kier alpha value is -0.860. The summed E-state index contributed by atoms with van der Waals surface area (Å²) in [5.41, 5.74) is 0. The zero-order valence-electron chi connectivity index (χ0n) is 10.8. The van der Waals surface area contributed by atoms with Crippen molar-refractivity contribution in [2.24, 2.45) is 0 Å². The Labute approximate surface area is 110 Å². The molecule has 0 aromatic heterocycles. The summed E-state index contributed by atoms with van der Waals surface area (Å²) in [6.07, 6.45) is 11.0.